The molecule has 0 saturated carbocycles. The summed E-state index contributed by atoms with van der Waals surface area (Å²) in [6.07, 6.45) is 5.25. The first kappa shape index (κ1) is 15.7. The van der Waals surface area contributed by atoms with Crippen LogP contribution in [-0.4, -0.2) is 22.2 Å². The summed E-state index contributed by atoms with van der Waals surface area (Å²) in [6, 6.07) is 11.1. The summed E-state index contributed by atoms with van der Waals surface area (Å²) in [4.78, 5) is 12.1. The van der Waals surface area contributed by atoms with Gasteiger partial charge in [0.1, 0.15) is 6.07 Å². The molecule has 2 aromatic heterocycles. The molecule has 0 fully saturated rings. The smallest absolute Gasteiger partial charge is 0.357 e. The molecule has 0 spiro atoms. The number of nitrogen functional groups attached to an aromatic ring is 1. The highest BCUT2D eigenvalue weighted by molar-refractivity contribution is 6.32. The van der Waals surface area contributed by atoms with Crippen LogP contribution in [-0.2, 0) is 4.74 Å². The molecule has 0 radical (unpaired) electrons. The lowest BCUT2D eigenvalue weighted by molar-refractivity contribution is 0.0593. The molecule has 0 saturated heterocycles. The van der Waals surface area contributed by atoms with Gasteiger partial charge in [-0.15, -0.1) is 0 Å². The van der Waals surface area contributed by atoms with Crippen LogP contribution in [0.3, 0.4) is 0 Å². The van der Waals surface area contributed by atoms with Crippen LogP contribution in [0.1, 0.15) is 16.1 Å². The average molecular weight is 341 g/mol. The van der Waals surface area contributed by atoms with Gasteiger partial charge in [0.2, 0.25) is 0 Å². The van der Waals surface area contributed by atoms with Gasteiger partial charge in [-0.1, -0.05) is 11.6 Å². The zero-order valence-corrected chi connectivity index (χ0v) is 13.5. The third kappa shape index (κ3) is 2.51. The van der Waals surface area contributed by atoms with Gasteiger partial charge in [-0.2, -0.15) is 5.26 Å². The number of ether oxygens (including phenoxy) is 1. The molecule has 3 aromatic rings. The summed E-state index contributed by atoms with van der Waals surface area (Å²) in [5, 5.41) is 9.61. The van der Waals surface area contributed by atoms with Gasteiger partial charge in [-0.05, 0) is 30.3 Å². The lowest BCUT2D eigenvalue weighted by atomic mass is 10.2. The number of nitriles is 1. The summed E-state index contributed by atoms with van der Waals surface area (Å²) in [5.74, 6) is -0.642. The van der Waals surface area contributed by atoms with E-state index in [1.165, 1.54) is 17.9 Å². The second-order valence-corrected chi connectivity index (χ2v) is 5.41. The monoisotopic (exact) mass is 340 g/mol. The van der Waals surface area contributed by atoms with E-state index in [1.54, 1.807) is 12.1 Å². The van der Waals surface area contributed by atoms with Gasteiger partial charge in [0.15, 0.2) is 5.69 Å². The van der Waals surface area contributed by atoms with Crippen LogP contribution in [0.4, 0.5) is 5.69 Å². The molecule has 0 bridgehead atoms. The molecule has 24 heavy (non-hydrogen) atoms. The fraction of sp³-hybridized carbons (Fsp3) is 0.0588. The van der Waals surface area contributed by atoms with E-state index >= 15 is 0 Å². The zero-order valence-electron chi connectivity index (χ0n) is 12.7. The number of anilines is 1. The molecule has 1 aromatic carbocycles. The van der Waals surface area contributed by atoms with Crippen molar-refractivity contribution in [2.24, 2.45) is 0 Å². The Morgan fingerprint density at radius 2 is 2.04 bits per heavy atom. The maximum atomic E-state index is 12.1. The molecule has 0 aliphatic rings. The van der Waals surface area contributed by atoms with Crippen molar-refractivity contribution < 1.29 is 9.53 Å². The lowest BCUT2D eigenvalue weighted by Crippen LogP contribution is -2.11. The summed E-state index contributed by atoms with van der Waals surface area (Å²) in [7, 11) is 1.25. The van der Waals surface area contributed by atoms with Gasteiger partial charge < -0.3 is 19.6 Å². The van der Waals surface area contributed by atoms with E-state index in [0.717, 1.165) is 5.69 Å². The van der Waals surface area contributed by atoms with E-state index in [4.69, 9.17) is 22.1 Å². The Morgan fingerprint density at radius 3 is 2.67 bits per heavy atom. The van der Waals surface area contributed by atoms with Gasteiger partial charge in [0, 0.05) is 24.3 Å². The fourth-order valence-electron chi connectivity index (χ4n) is 2.46. The number of nitrogens with zero attached hydrogens (tertiary/aromatic N) is 3. The minimum Gasteiger partial charge on any atom is -0.464 e. The molecule has 7 heteroatoms. The van der Waals surface area contributed by atoms with Crippen LogP contribution in [0, 0.1) is 11.3 Å². The highest BCUT2D eigenvalue weighted by Crippen LogP contribution is 2.30. The van der Waals surface area contributed by atoms with Crippen molar-refractivity contribution in [3.8, 4) is 17.4 Å². The first-order valence-corrected chi connectivity index (χ1v) is 7.37. The molecule has 0 aliphatic heterocycles. The molecule has 0 amide bonds. The third-order valence-electron chi connectivity index (χ3n) is 3.64. The number of hydrogen-bond acceptors (Lipinski definition) is 4. The van der Waals surface area contributed by atoms with Crippen molar-refractivity contribution in [2.75, 3.05) is 12.8 Å². The van der Waals surface area contributed by atoms with Crippen molar-refractivity contribution in [1.82, 2.24) is 9.13 Å². The normalized spacial score (nSPS) is 10.4. The maximum Gasteiger partial charge on any atom is 0.357 e. The van der Waals surface area contributed by atoms with Gasteiger partial charge in [0.25, 0.3) is 0 Å². The Hall–Kier alpha value is -3.17. The first-order chi connectivity index (χ1) is 11.6. The third-order valence-corrected chi connectivity index (χ3v) is 3.96. The van der Waals surface area contributed by atoms with Crippen molar-refractivity contribution >= 4 is 23.3 Å². The van der Waals surface area contributed by atoms with E-state index in [9.17, 15) is 10.1 Å². The number of esters is 1. The van der Waals surface area contributed by atoms with E-state index in [0.29, 0.717) is 10.7 Å². The van der Waals surface area contributed by atoms with Crippen molar-refractivity contribution in [1.29, 1.82) is 5.26 Å². The van der Waals surface area contributed by atoms with Crippen molar-refractivity contribution in [2.45, 2.75) is 0 Å². The SMILES string of the molecule is COC(=O)c1c(N)c(C#N)cn1-c1cc(-n2cccc2)ccc1Cl. The van der Waals surface area contributed by atoms with Crippen molar-refractivity contribution in [3.63, 3.8) is 0 Å². The quantitative estimate of drug-likeness (QED) is 0.742. The average Bonchev–Trinajstić information content (AvgIpc) is 3.22. The number of carbonyl (C=O) groups excluding carboxylic acids is 1. The van der Waals surface area contributed by atoms with E-state index < -0.39 is 5.97 Å². The molecule has 2 N–H and O–H groups in total. The summed E-state index contributed by atoms with van der Waals surface area (Å²) in [5.41, 5.74) is 7.60. The number of halogens is 1. The van der Waals surface area contributed by atoms with Crippen LogP contribution in [0.5, 0.6) is 0 Å². The Balaban J connectivity index is 2.24. The Bertz CT molecular complexity index is 952. The zero-order chi connectivity index (χ0) is 17.3. The second-order valence-electron chi connectivity index (χ2n) is 5.00. The van der Waals surface area contributed by atoms with Crippen molar-refractivity contribution in [3.05, 3.63) is 65.2 Å². The van der Waals surface area contributed by atoms with E-state index in [2.05, 4.69) is 0 Å². The highest BCUT2D eigenvalue weighted by Gasteiger charge is 2.23. The molecule has 0 aliphatic carbocycles. The summed E-state index contributed by atoms with van der Waals surface area (Å²) >= 11 is 6.31. The second kappa shape index (κ2) is 6.14. The van der Waals surface area contributed by atoms with Gasteiger partial charge in [-0.25, -0.2) is 4.79 Å². The summed E-state index contributed by atoms with van der Waals surface area (Å²) < 4.78 is 8.16. The Kier molecular flexibility index (Phi) is 4.02. The predicted molar refractivity (Wildman–Crippen MR) is 90.6 cm³/mol. The van der Waals surface area contributed by atoms with Gasteiger partial charge in [-0.3, -0.25) is 0 Å². The van der Waals surface area contributed by atoms with Crippen LogP contribution in [0.2, 0.25) is 5.02 Å². The number of rotatable bonds is 3. The van der Waals surface area contributed by atoms with E-state index in [-0.39, 0.29) is 16.9 Å². The van der Waals surface area contributed by atoms with Crippen LogP contribution in [0.25, 0.3) is 11.4 Å². The van der Waals surface area contributed by atoms with Crippen LogP contribution >= 0.6 is 11.6 Å². The molecule has 0 unspecified atom stereocenters. The molecule has 6 nitrogen and oxygen atoms in total. The molecule has 2 heterocycles. The molecule has 3 rings (SSSR count). The van der Waals surface area contributed by atoms with E-state index in [1.807, 2.05) is 41.2 Å². The number of hydrogen-bond donors (Lipinski definition) is 1. The number of aromatic nitrogens is 2. The number of carbonyl (C=O) groups is 1. The number of nitrogens with two attached hydrogens (primary N) is 1. The van der Waals surface area contributed by atoms with Gasteiger partial charge >= 0.3 is 5.97 Å². The summed E-state index contributed by atoms with van der Waals surface area (Å²) in [6.45, 7) is 0. The standard InChI is InChI=1S/C17H13ClN4O2/c1-24-17(23)16-15(20)11(9-19)10-22(16)14-8-12(4-5-13(14)18)21-6-2-3-7-21/h2-8,10H,20H2,1H3. The molecule has 120 valence electrons. The topological polar surface area (TPSA) is 86.0 Å². The first-order valence-electron chi connectivity index (χ1n) is 6.99. The van der Waals surface area contributed by atoms with Gasteiger partial charge in [0.05, 0.1) is 29.1 Å². The number of methoxy groups -OCH3 is 1. The Labute approximate surface area is 143 Å². The molecule has 0 atom stereocenters. The molecular weight excluding hydrogens is 328 g/mol. The largest absolute Gasteiger partial charge is 0.464 e. The fourth-order valence-corrected chi connectivity index (χ4v) is 2.67. The van der Waals surface area contributed by atoms with Crippen LogP contribution in [0.15, 0.2) is 48.9 Å². The van der Waals surface area contributed by atoms with Crippen LogP contribution < -0.4 is 5.73 Å². The molecular formula is C17H13ClN4O2. The number of benzene rings is 1. The highest BCUT2D eigenvalue weighted by atomic mass is 35.5. The minimum absolute atomic E-state index is 0.0618. The minimum atomic E-state index is -0.642. The maximum absolute atomic E-state index is 12.1. The Morgan fingerprint density at radius 1 is 1.33 bits per heavy atom. The predicted octanol–water partition coefficient (Wildman–Crippen LogP) is 3.16. The lowest BCUT2D eigenvalue weighted by Gasteiger charge is -2.12.